The summed E-state index contributed by atoms with van der Waals surface area (Å²) in [4.78, 5) is 26.0. The van der Waals surface area contributed by atoms with E-state index >= 15 is 0 Å². The zero-order chi connectivity index (χ0) is 34.2. The number of methoxy groups -OCH3 is 2. The lowest BCUT2D eigenvalue weighted by Gasteiger charge is -2.23. The molecule has 0 fully saturated rings. The number of aryl methyl sites for hydroxylation is 1. The standard InChI is InChI=1S/C41H40N2O6/c1-27-12-14-28(15-13-27)23-42-24-30(44)25-48-31-18-16-29(17-19-31)40(37-21-20-32(46-2)22-39(37)47-3)43-41(45)49-26-38-35-10-6-4-8-33(35)34-9-5-7-11-36(34)38/h4-22,38,40,42H,23-26H2,1-3H3,(H,43,45). The van der Waals surface area contributed by atoms with Crippen molar-refractivity contribution in [2.24, 2.45) is 0 Å². The van der Waals surface area contributed by atoms with Crippen molar-refractivity contribution < 1.29 is 28.5 Å². The molecule has 1 amide bonds. The molecule has 8 nitrogen and oxygen atoms in total. The number of amides is 1. The Morgan fingerprint density at radius 2 is 1.41 bits per heavy atom. The average Bonchev–Trinajstić information content (AvgIpc) is 3.46. The van der Waals surface area contributed by atoms with Gasteiger partial charge in [-0.05, 0) is 64.6 Å². The van der Waals surface area contributed by atoms with Crippen molar-refractivity contribution in [2.45, 2.75) is 25.4 Å². The molecule has 5 aromatic rings. The molecule has 5 aromatic carbocycles. The highest BCUT2D eigenvalue weighted by molar-refractivity contribution is 5.82. The normalized spacial score (nSPS) is 12.4. The summed E-state index contributed by atoms with van der Waals surface area (Å²) in [7, 11) is 3.16. The summed E-state index contributed by atoms with van der Waals surface area (Å²) in [5.74, 6) is 1.59. The van der Waals surface area contributed by atoms with Crippen LogP contribution in [0.5, 0.6) is 17.2 Å². The van der Waals surface area contributed by atoms with Gasteiger partial charge in [0.05, 0.1) is 26.8 Å². The maximum Gasteiger partial charge on any atom is 0.407 e. The number of carbonyl (C=O) groups excluding carboxylic acids is 2. The molecule has 0 saturated carbocycles. The van der Waals surface area contributed by atoms with Crippen molar-refractivity contribution in [3.8, 4) is 28.4 Å². The lowest BCUT2D eigenvalue weighted by atomic mass is 9.97. The fourth-order valence-corrected chi connectivity index (χ4v) is 6.18. The van der Waals surface area contributed by atoms with Crippen LogP contribution in [-0.2, 0) is 16.1 Å². The van der Waals surface area contributed by atoms with Gasteiger partial charge >= 0.3 is 6.09 Å². The number of ether oxygens (including phenoxy) is 4. The van der Waals surface area contributed by atoms with Gasteiger partial charge in [-0.2, -0.15) is 0 Å². The Labute approximate surface area is 287 Å². The Hall–Kier alpha value is -5.60. The number of ketones is 1. The van der Waals surface area contributed by atoms with Crippen LogP contribution in [-0.4, -0.2) is 45.9 Å². The van der Waals surface area contributed by atoms with Gasteiger partial charge in [0, 0.05) is 24.1 Å². The van der Waals surface area contributed by atoms with Crippen LogP contribution in [0.15, 0.2) is 115 Å². The highest BCUT2D eigenvalue weighted by Crippen LogP contribution is 2.44. The van der Waals surface area contributed by atoms with E-state index in [0.717, 1.165) is 38.9 Å². The number of nitrogens with one attached hydrogen (secondary N) is 2. The molecule has 1 aliphatic carbocycles. The third kappa shape index (κ3) is 7.93. The predicted molar refractivity (Wildman–Crippen MR) is 189 cm³/mol. The SMILES string of the molecule is COc1ccc(C(NC(=O)OCC2c3ccccc3-c3ccccc32)c2ccc(OCC(=O)CNCc3ccc(C)cc3)cc2)c(OC)c1. The quantitative estimate of drug-likeness (QED) is 0.129. The minimum atomic E-state index is -0.613. The van der Waals surface area contributed by atoms with E-state index in [4.69, 9.17) is 18.9 Å². The lowest BCUT2D eigenvalue weighted by Crippen LogP contribution is -2.31. The third-order valence-corrected chi connectivity index (χ3v) is 8.74. The Morgan fingerprint density at radius 1 is 0.755 bits per heavy atom. The monoisotopic (exact) mass is 656 g/mol. The summed E-state index contributed by atoms with van der Waals surface area (Å²) < 4.78 is 22.8. The first-order valence-electron chi connectivity index (χ1n) is 16.3. The Morgan fingerprint density at radius 3 is 2.06 bits per heavy atom. The first-order chi connectivity index (χ1) is 23.9. The van der Waals surface area contributed by atoms with Crippen molar-refractivity contribution >= 4 is 11.9 Å². The summed E-state index contributed by atoms with van der Waals surface area (Å²) in [6.45, 7) is 2.98. The molecule has 0 bridgehead atoms. The van der Waals surface area contributed by atoms with Crippen LogP contribution in [0, 0.1) is 6.92 Å². The molecule has 250 valence electrons. The molecule has 2 N–H and O–H groups in total. The van der Waals surface area contributed by atoms with Crippen molar-refractivity contribution in [3.05, 3.63) is 149 Å². The average molecular weight is 657 g/mol. The maximum atomic E-state index is 13.5. The van der Waals surface area contributed by atoms with Gasteiger partial charge in [0.15, 0.2) is 5.78 Å². The second kappa shape index (κ2) is 15.5. The van der Waals surface area contributed by atoms with Crippen molar-refractivity contribution in [3.63, 3.8) is 0 Å². The fourth-order valence-electron chi connectivity index (χ4n) is 6.18. The summed E-state index contributed by atoms with van der Waals surface area (Å²) in [6, 6.07) is 36.8. The molecule has 0 aromatic heterocycles. The molecule has 0 saturated heterocycles. The molecule has 0 aliphatic heterocycles. The summed E-state index contributed by atoms with van der Waals surface area (Å²) in [5, 5.41) is 6.23. The second-order valence-corrected chi connectivity index (χ2v) is 12.0. The van der Waals surface area contributed by atoms with Crippen LogP contribution in [0.25, 0.3) is 11.1 Å². The van der Waals surface area contributed by atoms with Gasteiger partial charge < -0.3 is 29.6 Å². The minimum Gasteiger partial charge on any atom is -0.497 e. The molecular weight excluding hydrogens is 616 g/mol. The highest BCUT2D eigenvalue weighted by Gasteiger charge is 2.30. The molecule has 1 aliphatic rings. The number of hydrogen-bond donors (Lipinski definition) is 2. The number of carbonyl (C=O) groups is 2. The predicted octanol–water partition coefficient (Wildman–Crippen LogP) is 7.38. The van der Waals surface area contributed by atoms with Crippen molar-refractivity contribution in [1.82, 2.24) is 10.6 Å². The van der Waals surface area contributed by atoms with E-state index < -0.39 is 12.1 Å². The van der Waals surface area contributed by atoms with Crippen LogP contribution in [0.1, 0.15) is 45.3 Å². The molecule has 1 atom stereocenters. The van der Waals surface area contributed by atoms with E-state index in [-0.39, 0.29) is 31.5 Å². The number of Topliss-reactive ketones (excluding diaryl/α,β-unsaturated/α-hetero) is 1. The van der Waals surface area contributed by atoms with E-state index in [2.05, 4.69) is 34.9 Å². The minimum absolute atomic E-state index is 0.0612. The highest BCUT2D eigenvalue weighted by atomic mass is 16.5. The van der Waals surface area contributed by atoms with Crippen LogP contribution in [0.2, 0.25) is 0 Å². The molecule has 6 rings (SSSR count). The van der Waals surface area contributed by atoms with Gasteiger partial charge in [0.2, 0.25) is 0 Å². The smallest absolute Gasteiger partial charge is 0.407 e. The zero-order valence-electron chi connectivity index (χ0n) is 27.9. The Kier molecular flexibility index (Phi) is 10.6. The maximum absolute atomic E-state index is 13.5. The first-order valence-corrected chi connectivity index (χ1v) is 16.3. The Balaban J connectivity index is 1.12. The molecule has 49 heavy (non-hydrogen) atoms. The van der Waals surface area contributed by atoms with Crippen LogP contribution in [0.4, 0.5) is 4.79 Å². The van der Waals surface area contributed by atoms with Gasteiger partial charge in [-0.3, -0.25) is 4.79 Å². The van der Waals surface area contributed by atoms with Gasteiger partial charge in [-0.25, -0.2) is 4.79 Å². The van der Waals surface area contributed by atoms with Crippen LogP contribution >= 0.6 is 0 Å². The number of fused-ring (bicyclic) bond motifs is 3. The van der Waals surface area contributed by atoms with E-state index in [9.17, 15) is 9.59 Å². The molecule has 0 radical (unpaired) electrons. The van der Waals surface area contributed by atoms with Gasteiger partial charge in [0.1, 0.15) is 30.5 Å². The van der Waals surface area contributed by atoms with Gasteiger partial charge in [0.25, 0.3) is 0 Å². The number of alkyl carbamates (subject to hydrolysis) is 1. The van der Waals surface area contributed by atoms with Gasteiger partial charge in [-0.15, -0.1) is 0 Å². The van der Waals surface area contributed by atoms with E-state index in [1.807, 2.05) is 79.7 Å². The van der Waals surface area contributed by atoms with Gasteiger partial charge in [-0.1, -0.05) is 90.5 Å². The van der Waals surface area contributed by atoms with E-state index in [1.165, 1.54) is 5.56 Å². The molecule has 0 spiro atoms. The summed E-state index contributed by atoms with van der Waals surface area (Å²) >= 11 is 0. The fraction of sp³-hybridized carbons (Fsp3) is 0.220. The molecule has 0 heterocycles. The number of rotatable bonds is 14. The first kappa shape index (κ1) is 33.3. The molecular formula is C41H40N2O6. The largest absolute Gasteiger partial charge is 0.497 e. The van der Waals surface area contributed by atoms with Crippen molar-refractivity contribution in [2.75, 3.05) is 34.0 Å². The molecule has 1 unspecified atom stereocenters. The molecule has 8 heteroatoms. The summed E-state index contributed by atoms with van der Waals surface area (Å²) in [5.41, 5.74) is 8.41. The number of hydrogen-bond acceptors (Lipinski definition) is 7. The van der Waals surface area contributed by atoms with E-state index in [0.29, 0.717) is 23.8 Å². The van der Waals surface area contributed by atoms with Crippen LogP contribution in [0.3, 0.4) is 0 Å². The van der Waals surface area contributed by atoms with E-state index in [1.54, 1.807) is 32.4 Å². The third-order valence-electron chi connectivity index (χ3n) is 8.74. The van der Waals surface area contributed by atoms with Crippen LogP contribution < -0.4 is 24.8 Å². The number of benzene rings is 5. The van der Waals surface area contributed by atoms with Crippen molar-refractivity contribution in [1.29, 1.82) is 0 Å². The summed E-state index contributed by atoms with van der Waals surface area (Å²) in [6.07, 6.45) is -0.561. The topological polar surface area (TPSA) is 95.1 Å². The zero-order valence-corrected chi connectivity index (χ0v) is 27.9. The lowest BCUT2D eigenvalue weighted by molar-refractivity contribution is -0.120. The Bertz CT molecular complexity index is 1860. The second-order valence-electron chi connectivity index (χ2n) is 12.0.